The summed E-state index contributed by atoms with van der Waals surface area (Å²) in [6, 6.07) is 3.69. The second-order valence-electron chi connectivity index (χ2n) is 5.50. The van der Waals surface area contributed by atoms with Crippen molar-refractivity contribution in [2.75, 3.05) is 5.73 Å². The topological polar surface area (TPSA) is 57.4 Å². The zero-order chi connectivity index (χ0) is 12.8. The molecule has 0 unspecified atom stereocenters. The highest BCUT2D eigenvalue weighted by Crippen LogP contribution is 2.36. The molecule has 0 spiro atoms. The van der Waals surface area contributed by atoms with Crippen molar-refractivity contribution >= 4 is 18.4 Å². The Kier molecular flexibility index (Phi) is 2.71. The Morgan fingerprint density at radius 3 is 2.12 bits per heavy atom. The van der Waals surface area contributed by atoms with Gasteiger partial charge in [-0.25, -0.2) is 0 Å². The second-order valence-corrected chi connectivity index (χ2v) is 5.50. The molecule has 4 nitrogen and oxygen atoms in total. The first-order chi connectivity index (χ1) is 7.73. The van der Waals surface area contributed by atoms with E-state index in [1.807, 2.05) is 46.8 Å². The Hall–Kier alpha value is -1.07. The monoisotopic (exact) mass is 234 g/mol. The van der Waals surface area contributed by atoms with Crippen LogP contribution >= 0.6 is 0 Å². The van der Waals surface area contributed by atoms with E-state index in [0.29, 0.717) is 5.69 Å². The highest BCUT2D eigenvalue weighted by Gasteiger charge is 2.52. The van der Waals surface area contributed by atoms with E-state index in [1.165, 1.54) is 0 Å². The van der Waals surface area contributed by atoms with E-state index >= 15 is 0 Å². The molecule has 1 aromatic rings. The predicted molar refractivity (Wildman–Crippen MR) is 69.1 cm³/mol. The fourth-order valence-electron chi connectivity index (χ4n) is 1.69. The molecule has 0 bridgehead atoms. The number of rotatable bonds is 1. The van der Waals surface area contributed by atoms with Crippen molar-refractivity contribution in [3.63, 3.8) is 0 Å². The van der Waals surface area contributed by atoms with E-state index in [0.717, 1.165) is 11.3 Å². The zero-order valence-electron chi connectivity index (χ0n) is 11.1. The smallest absolute Gasteiger partial charge is 0.398 e. The Morgan fingerprint density at radius 1 is 1.12 bits per heavy atom. The Balaban J connectivity index is 2.29. The standard InChI is InChI=1S/C12H19BN2O2/c1-8-9(14)6-7-10(15-8)13-16-11(2,3)12(4,5)17-13/h6-7H,14H2,1-5H3. The maximum Gasteiger partial charge on any atom is 0.514 e. The molecule has 2 N–H and O–H groups in total. The third-order valence-electron chi connectivity index (χ3n) is 3.64. The molecule has 92 valence electrons. The summed E-state index contributed by atoms with van der Waals surface area (Å²) in [4.78, 5) is 4.41. The van der Waals surface area contributed by atoms with Gasteiger partial charge < -0.3 is 15.0 Å². The summed E-state index contributed by atoms with van der Waals surface area (Å²) in [5.74, 6) is 0. The molecule has 5 heteroatoms. The molecule has 2 rings (SSSR count). The van der Waals surface area contributed by atoms with Crippen LogP contribution in [0.4, 0.5) is 5.69 Å². The quantitative estimate of drug-likeness (QED) is 0.743. The van der Waals surface area contributed by atoms with Gasteiger partial charge in [-0.3, -0.25) is 4.98 Å². The van der Waals surface area contributed by atoms with Gasteiger partial charge in [0.1, 0.15) is 0 Å². The molecule has 17 heavy (non-hydrogen) atoms. The van der Waals surface area contributed by atoms with Crippen LogP contribution in [0.15, 0.2) is 12.1 Å². The number of hydrogen-bond donors (Lipinski definition) is 1. The maximum absolute atomic E-state index is 5.92. The largest absolute Gasteiger partial charge is 0.514 e. The Bertz CT molecular complexity index is 430. The molecular formula is C12H19BN2O2. The molecule has 0 amide bonds. The van der Waals surface area contributed by atoms with Gasteiger partial charge in [-0.05, 0) is 46.8 Å². The fourth-order valence-corrected chi connectivity index (χ4v) is 1.69. The fraction of sp³-hybridized carbons (Fsp3) is 0.583. The van der Waals surface area contributed by atoms with Gasteiger partial charge >= 0.3 is 7.12 Å². The average Bonchev–Trinajstić information content (AvgIpc) is 2.41. The molecule has 1 aromatic heterocycles. The van der Waals surface area contributed by atoms with Crippen molar-refractivity contribution in [3.05, 3.63) is 17.8 Å². The number of nitrogens with two attached hydrogens (primary N) is 1. The lowest BCUT2D eigenvalue weighted by Crippen LogP contribution is -2.41. The lowest BCUT2D eigenvalue weighted by Gasteiger charge is -2.32. The summed E-state index contributed by atoms with van der Waals surface area (Å²) >= 11 is 0. The first kappa shape index (κ1) is 12.4. The lowest BCUT2D eigenvalue weighted by atomic mass is 9.84. The van der Waals surface area contributed by atoms with Gasteiger partial charge in [-0.15, -0.1) is 0 Å². The highest BCUT2D eigenvalue weighted by molar-refractivity contribution is 6.61. The summed E-state index contributed by atoms with van der Waals surface area (Å²) in [5, 5.41) is 0. The molecule has 1 aliphatic rings. The number of nitrogens with zero attached hydrogens (tertiary/aromatic N) is 1. The van der Waals surface area contributed by atoms with E-state index in [-0.39, 0.29) is 11.2 Å². The summed E-state index contributed by atoms with van der Waals surface area (Å²) in [5.41, 5.74) is 7.33. The van der Waals surface area contributed by atoms with Crippen LogP contribution in [0, 0.1) is 6.92 Å². The van der Waals surface area contributed by atoms with E-state index in [9.17, 15) is 0 Å². The van der Waals surface area contributed by atoms with Crippen molar-refractivity contribution in [1.82, 2.24) is 4.98 Å². The number of aromatic nitrogens is 1. The van der Waals surface area contributed by atoms with Gasteiger partial charge in [-0.1, -0.05) is 0 Å². The van der Waals surface area contributed by atoms with E-state index in [2.05, 4.69) is 4.98 Å². The number of anilines is 1. The molecular weight excluding hydrogens is 215 g/mol. The lowest BCUT2D eigenvalue weighted by molar-refractivity contribution is 0.00578. The number of aryl methyl sites for hydroxylation is 1. The SMILES string of the molecule is Cc1nc(B2OC(C)(C)C(C)(C)O2)ccc1N. The molecule has 2 heterocycles. The third kappa shape index (κ3) is 2.05. The van der Waals surface area contributed by atoms with Crippen LogP contribution in [0.1, 0.15) is 33.4 Å². The van der Waals surface area contributed by atoms with Crippen LogP contribution < -0.4 is 11.3 Å². The van der Waals surface area contributed by atoms with Crippen LogP contribution in [0.25, 0.3) is 0 Å². The molecule has 0 saturated carbocycles. The normalized spacial score (nSPS) is 21.8. The predicted octanol–water partition coefficient (Wildman–Crippen LogP) is 1.27. The van der Waals surface area contributed by atoms with Gasteiger partial charge in [0.25, 0.3) is 0 Å². The van der Waals surface area contributed by atoms with Crippen molar-refractivity contribution in [1.29, 1.82) is 0 Å². The van der Waals surface area contributed by atoms with Crippen molar-refractivity contribution < 1.29 is 9.31 Å². The number of nitrogen functional groups attached to an aromatic ring is 1. The average molecular weight is 234 g/mol. The molecule has 1 saturated heterocycles. The van der Waals surface area contributed by atoms with Crippen LogP contribution in [0.3, 0.4) is 0 Å². The molecule has 0 aromatic carbocycles. The number of pyridine rings is 1. The minimum Gasteiger partial charge on any atom is -0.398 e. The van der Waals surface area contributed by atoms with Gasteiger partial charge in [0, 0.05) is 0 Å². The first-order valence-corrected chi connectivity index (χ1v) is 5.81. The van der Waals surface area contributed by atoms with Gasteiger partial charge in [-0.2, -0.15) is 0 Å². The van der Waals surface area contributed by atoms with Crippen LogP contribution in [-0.2, 0) is 9.31 Å². The zero-order valence-corrected chi connectivity index (χ0v) is 11.1. The van der Waals surface area contributed by atoms with Crippen molar-refractivity contribution in [3.8, 4) is 0 Å². The van der Waals surface area contributed by atoms with Crippen LogP contribution in [0.5, 0.6) is 0 Å². The Labute approximate surface area is 103 Å². The highest BCUT2D eigenvalue weighted by atomic mass is 16.7. The minimum atomic E-state index is -0.417. The third-order valence-corrected chi connectivity index (χ3v) is 3.64. The van der Waals surface area contributed by atoms with Crippen molar-refractivity contribution in [2.24, 2.45) is 0 Å². The molecule has 0 atom stereocenters. The second kappa shape index (κ2) is 3.72. The van der Waals surface area contributed by atoms with Crippen molar-refractivity contribution in [2.45, 2.75) is 45.8 Å². The molecule has 0 aliphatic carbocycles. The van der Waals surface area contributed by atoms with Gasteiger partial charge in [0.15, 0.2) is 0 Å². The van der Waals surface area contributed by atoms with Gasteiger partial charge in [0.05, 0.1) is 28.2 Å². The summed E-state index contributed by atoms with van der Waals surface area (Å²) in [7, 11) is -0.417. The molecule has 1 aliphatic heterocycles. The van der Waals surface area contributed by atoms with E-state index < -0.39 is 7.12 Å². The van der Waals surface area contributed by atoms with Crippen LogP contribution in [-0.4, -0.2) is 23.3 Å². The summed E-state index contributed by atoms with van der Waals surface area (Å²) in [6.07, 6.45) is 0. The van der Waals surface area contributed by atoms with Crippen LogP contribution in [0.2, 0.25) is 0 Å². The Morgan fingerprint density at radius 2 is 1.65 bits per heavy atom. The molecule has 0 radical (unpaired) electrons. The minimum absolute atomic E-state index is 0.339. The van der Waals surface area contributed by atoms with E-state index in [1.54, 1.807) is 0 Å². The summed E-state index contributed by atoms with van der Waals surface area (Å²) in [6.45, 7) is 9.98. The number of hydrogen-bond acceptors (Lipinski definition) is 4. The van der Waals surface area contributed by atoms with E-state index in [4.69, 9.17) is 15.0 Å². The first-order valence-electron chi connectivity index (χ1n) is 5.81. The van der Waals surface area contributed by atoms with Gasteiger partial charge in [0.2, 0.25) is 0 Å². The maximum atomic E-state index is 5.92. The molecule has 1 fully saturated rings. The summed E-state index contributed by atoms with van der Waals surface area (Å²) < 4.78 is 11.8.